The van der Waals surface area contributed by atoms with Gasteiger partial charge in [0.2, 0.25) is 10.0 Å². The van der Waals surface area contributed by atoms with Gasteiger partial charge in [-0.3, -0.25) is 0 Å². The fraction of sp³-hybridized carbons (Fsp3) is 0.300. The van der Waals surface area contributed by atoms with Gasteiger partial charge in [0.1, 0.15) is 12.4 Å². The third-order valence-corrected chi connectivity index (χ3v) is 5.36. The largest absolute Gasteiger partial charge is 0.454 e. The Bertz CT molecular complexity index is 1120. The van der Waals surface area contributed by atoms with E-state index in [-0.39, 0.29) is 11.5 Å². The zero-order valence-corrected chi connectivity index (χ0v) is 16.7. The maximum atomic E-state index is 12.3. The molecule has 0 atom stereocenters. The van der Waals surface area contributed by atoms with Crippen LogP contribution in [0.1, 0.15) is 41.5 Å². The molecule has 0 fully saturated rings. The van der Waals surface area contributed by atoms with Crippen LogP contribution in [0.4, 0.5) is 0 Å². The molecular formula is C20H23N3O4S. The number of nitrogens with zero attached hydrogens (tertiary/aromatic N) is 2. The number of ether oxygens (including phenoxy) is 1. The molecule has 0 bridgehead atoms. The molecule has 148 valence electrons. The number of benzene rings is 2. The maximum absolute atomic E-state index is 12.3. The number of carbonyl (C=O) groups is 1. The third kappa shape index (κ3) is 4.40. The Labute approximate surface area is 164 Å². The summed E-state index contributed by atoms with van der Waals surface area (Å²) >= 11 is 0. The average Bonchev–Trinajstić information content (AvgIpc) is 3.00. The molecule has 0 saturated heterocycles. The van der Waals surface area contributed by atoms with Crippen molar-refractivity contribution in [2.24, 2.45) is 5.14 Å². The number of imidazole rings is 1. The fourth-order valence-electron chi connectivity index (χ4n) is 3.00. The van der Waals surface area contributed by atoms with Crippen LogP contribution in [0.3, 0.4) is 0 Å². The van der Waals surface area contributed by atoms with Gasteiger partial charge in [-0.1, -0.05) is 31.0 Å². The van der Waals surface area contributed by atoms with E-state index in [0.717, 1.165) is 23.9 Å². The van der Waals surface area contributed by atoms with Crippen LogP contribution in [0.25, 0.3) is 11.0 Å². The van der Waals surface area contributed by atoms with Gasteiger partial charge in [0.25, 0.3) is 0 Å². The van der Waals surface area contributed by atoms with Gasteiger partial charge >= 0.3 is 5.97 Å². The minimum absolute atomic E-state index is 0.00319. The second-order valence-electron chi connectivity index (χ2n) is 6.67. The predicted molar refractivity (Wildman–Crippen MR) is 106 cm³/mol. The van der Waals surface area contributed by atoms with Crippen LogP contribution in [0.2, 0.25) is 0 Å². The first-order chi connectivity index (χ1) is 13.3. The van der Waals surface area contributed by atoms with Crippen LogP contribution in [0.5, 0.6) is 0 Å². The highest BCUT2D eigenvalue weighted by atomic mass is 32.2. The number of hydrogen-bond donors (Lipinski definition) is 1. The summed E-state index contributed by atoms with van der Waals surface area (Å²) in [6, 6.07) is 11.8. The van der Waals surface area contributed by atoms with Gasteiger partial charge in [-0.2, -0.15) is 0 Å². The first-order valence-electron chi connectivity index (χ1n) is 9.05. The zero-order chi connectivity index (χ0) is 20.3. The summed E-state index contributed by atoms with van der Waals surface area (Å²) in [5.74, 6) is 0.138. The van der Waals surface area contributed by atoms with Crippen molar-refractivity contribution in [2.45, 2.75) is 44.7 Å². The molecule has 0 radical (unpaired) electrons. The number of esters is 1. The van der Waals surface area contributed by atoms with Crippen molar-refractivity contribution >= 4 is 27.0 Å². The Kier molecular flexibility index (Phi) is 5.81. The van der Waals surface area contributed by atoms with E-state index in [4.69, 9.17) is 9.88 Å². The summed E-state index contributed by atoms with van der Waals surface area (Å²) in [7, 11) is -3.82. The molecule has 3 aromatic rings. The Balaban J connectivity index is 1.91. The Morgan fingerprint density at radius 2 is 2.00 bits per heavy atom. The Morgan fingerprint density at radius 1 is 1.21 bits per heavy atom. The molecule has 1 heterocycles. The lowest BCUT2D eigenvalue weighted by Gasteiger charge is -2.09. The van der Waals surface area contributed by atoms with E-state index in [1.807, 2.05) is 17.6 Å². The number of aromatic nitrogens is 2. The first kappa shape index (κ1) is 20.0. The van der Waals surface area contributed by atoms with E-state index in [1.165, 1.54) is 12.1 Å². The Morgan fingerprint density at radius 3 is 2.68 bits per heavy atom. The molecule has 0 saturated carbocycles. The van der Waals surface area contributed by atoms with E-state index in [9.17, 15) is 13.2 Å². The second-order valence-corrected chi connectivity index (χ2v) is 8.24. The van der Waals surface area contributed by atoms with E-state index < -0.39 is 16.0 Å². The van der Waals surface area contributed by atoms with Gasteiger partial charge in [-0.25, -0.2) is 23.3 Å². The van der Waals surface area contributed by atoms with Gasteiger partial charge in [0.05, 0.1) is 21.5 Å². The number of sulfonamides is 1. The molecule has 1 aromatic heterocycles. The molecule has 8 heteroatoms. The minimum Gasteiger partial charge on any atom is -0.454 e. The molecule has 0 amide bonds. The van der Waals surface area contributed by atoms with Crippen LogP contribution >= 0.6 is 0 Å². The average molecular weight is 401 g/mol. The Hall–Kier alpha value is -2.71. The monoisotopic (exact) mass is 401 g/mol. The molecule has 7 nitrogen and oxygen atoms in total. The fourth-order valence-corrected chi connectivity index (χ4v) is 3.53. The summed E-state index contributed by atoms with van der Waals surface area (Å²) in [4.78, 5) is 16.8. The van der Waals surface area contributed by atoms with Crippen molar-refractivity contribution in [3.05, 3.63) is 59.4 Å². The van der Waals surface area contributed by atoms with E-state index in [1.54, 1.807) is 24.3 Å². The standard InChI is InChI=1S/C20H23N3O4S/c1-3-4-10-23-18-9-8-16(28(21,25)26)12-17(18)22-19(23)13-27-20(24)15-7-5-6-14(2)11-15/h5-9,11-12H,3-4,10,13H2,1-2H3,(H2,21,25,26). The minimum atomic E-state index is -3.82. The second kappa shape index (κ2) is 8.12. The molecule has 0 aliphatic rings. The molecule has 0 aliphatic heterocycles. The zero-order valence-electron chi connectivity index (χ0n) is 15.9. The van der Waals surface area contributed by atoms with Crippen LogP contribution in [0, 0.1) is 6.92 Å². The number of unbranched alkanes of at least 4 members (excludes halogenated alkanes) is 1. The van der Waals surface area contributed by atoms with E-state index in [2.05, 4.69) is 11.9 Å². The lowest BCUT2D eigenvalue weighted by atomic mass is 10.1. The highest BCUT2D eigenvalue weighted by Gasteiger charge is 2.16. The van der Waals surface area contributed by atoms with Crippen molar-refractivity contribution in [3.63, 3.8) is 0 Å². The topological polar surface area (TPSA) is 104 Å². The smallest absolute Gasteiger partial charge is 0.338 e. The van der Waals surface area contributed by atoms with Crippen molar-refractivity contribution in [3.8, 4) is 0 Å². The van der Waals surface area contributed by atoms with Gasteiger partial charge in [0, 0.05) is 6.54 Å². The van der Waals surface area contributed by atoms with Crippen LogP contribution < -0.4 is 5.14 Å². The van der Waals surface area contributed by atoms with Crippen LogP contribution in [-0.2, 0) is 27.9 Å². The first-order valence-corrected chi connectivity index (χ1v) is 10.6. The van der Waals surface area contributed by atoms with Gasteiger partial charge < -0.3 is 9.30 Å². The highest BCUT2D eigenvalue weighted by molar-refractivity contribution is 7.89. The van der Waals surface area contributed by atoms with Crippen molar-refractivity contribution in [1.29, 1.82) is 0 Å². The molecule has 28 heavy (non-hydrogen) atoms. The summed E-state index contributed by atoms with van der Waals surface area (Å²) in [5.41, 5.74) is 2.74. The quantitative estimate of drug-likeness (QED) is 0.613. The molecule has 2 aromatic carbocycles. The number of primary sulfonamides is 1. The number of rotatable bonds is 7. The summed E-state index contributed by atoms with van der Waals surface area (Å²) in [6.45, 7) is 4.68. The van der Waals surface area contributed by atoms with Crippen molar-refractivity contribution in [2.75, 3.05) is 0 Å². The van der Waals surface area contributed by atoms with Gasteiger partial charge in [0.15, 0.2) is 0 Å². The predicted octanol–water partition coefficient (Wildman–Crippen LogP) is 3.15. The van der Waals surface area contributed by atoms with Crippen molar-refractivity contribution < 1.29 is 17.9 Å². The molecular weight excluding hydrogens is 378 g/mol. The van der Waals surface area contributed by atoms with E-state index in [0.29, 0.717) is 23.4 Å². The SMILES string of the molecule is CCCCn1c(COC(=O)c2cccc(C)c2)nc2cc(S(N)(=O)=O)ccc21. The lowest BCUT2D eigenvalue weighted by molar-refractivity contribution is 0.0458. The summed E-state index contributed by atoms with van der Waals surface area (Å²) in [6.07, 6.45) is 1.90. The molecule has 3 rings (SSSR count). The van der Waals surface area contributed by atoms with Crippen LogP contribution in [-0.4, -0.2) is 23.9 Å². The number of nitrogens with two attached hydrogens (primary N) is 1. The van der Waals surface area contributed by atoms with E-state index >= 15 is 0 Å². The summed E-state index contributed by atoms with van der Waals surface area (Å²) < 4.78 is 30.6. The normalized spacial score (nSPS) is 11.7. The van der Waals surface area contributed by atoms with Gasteiger partial charge in [-0.15, -0.1) is 0 Å². The van der Waals surface area contributed by atoms with Crippen LogP contribution in [0.15, 0.2) is 47.4 Å². The number of hydrogen-bond acceptors (Lipinski definition) is 5. The highest BCUT2D eigenvalue weighted by Crippen LogP contribution is 2.21. The molecule has 0 aliphatic carbocycles. The number of carbonyl (C=O) groups excluding carboxylic acids is 1. The lowest BCUT2D eigenvalue weighted by Crippen LogP contribution is -2.12. The number of aryl methyl sites for hydroxylation is 2. The maximum Gasteiger partial charge on any atom is 0.338 e. The molecule has 0 spiro atoms. The summed E-state index contributed by atoms with van der Waals surface area (Å²) in [5, 5.41) is 5.22. The molecule has 0 unspecified atom stereocenters. The van der Waals surface area contributed by atoms with Gasteiger partial charge in [-0.05, 0) is 43.7 Å². The number of fused-ring (bicyclic) bond motifs is 1. The third-order valence-electron chi connectivity index (χ3n) is 4.45. The molecule has 2 N–H and O–H groups in total. The van der Waals surface area contributed by atoms with Crippen molar-refractivity contribution in [1.82, 2.24) is 9.55 Å².